The standard InChI is InChI=1S/C20H24N6O4S2/c27-18(12-15-13-31-20(24-15)26-10-9-22-19(26)28)23-14-5-4-6-16(11-14)32(29,30)25-17-7-2-1-3-8-21-17/h4-6,11,13H,1-3,7-10,12H2,(H,21,25)(H,22,28)(H,23,27). The normalized spacial score (nSPS) is 16.8. The van der Waals surface area contributed by atoms with Gasteiger partial charge in [-0.15, -0.1) is 11.3 Å². The number of amides is 3. The number of hydrogen-bond acceptors (Lipinski definition) is 7. The molecular weight excluding hydrogens is 452 g/mol. The minimum absolute atomic E-state index is 0.0119. The van der Waals surface area contributed by atoms with E-state index >= 15 is 0 Å². The van der Waals surface area contributed by atoms with Crippen molar-refractivity contribution in [3.05, 3.63) is 35.3 Å². The molecule has 3 N–H and O–H groups in total. The van der Waals surface area contributed by atoms with E-state index in [0.717, 1.165) is 19.3 Å². The Morgan fingerprint density at radius 2 is 2.12 bits per heavy atom. The van der Waals surface area contributed by atoms with Crippen molar-refractivity contribution in [2.75, 3.05) is 29.9 Å². The number of urea groups is 1. The summed E-state index contributed by atoms with van der Waals surface area (Å²) in [7, 11) is -3.79. The number of sulfonamides is 1. The van der Waals surface area contributed by atoms with Gasteiger partial charge in [0.15, 0.2) is 5.13 Å². The fraction of sp³-hybridized carbons (Fsp3) is 0.400. The molecule has 10 nitrogen and oxygen atoms in total. The predicted molar refractivity (Wildman–Crippen MR) is 123 cm³/mol. The maximum atomic E-state index is 12.7. The van der Waals surface area contributed by atoms with E-state index in [2.05, 4.69) is 25.3 Å². The molecule has 12 heteroatoms. The maximum absolute atomic E-state index is 12.7. The summed E-state index contributed by atoms with van der Waals surface area (Å²) in [5.74, 6) is 0.145. The molecule has 0 radical (unpaired) electrons. The number of hydrogen-bond donors (Lipinski definition) is 3. The van der Waals surface area contributed by atoms with Crippen LogP contribution in [0.2, 0.25) is 0 Å². The molecule has 1 aromatic carbocycles. The zero-order valence-electron chi connectivity index (χ0n) is 17.3. The van der Waals surface area contributed by atoms with Crippen LogP contribution in [0, 0.1) is 0 Å². The van der Waals surface area contributed by atoms with E-state index in [-0.39, 0.29) is 23.3 Å². The number of nitrogens with one attached hydrogen (secondary N) is 3. The highest BCUT2D eigenvalue weighted by molar-refractivity contribution is 7.90. The smallest absolute Gasteiger partial charge is 0.323 e. The Hall–Kier alpha value is -2.99. The van der Waals surface area contributed by atoms with E-state index in [4.69, 9.17) is 0 Å². The van der Waals surface area contributed by atoms with Gasteiger partial charge in [0.2, 0.25) is 5.91 Å². The minimum Gasteiger partial charge on any atom is -0.336 e. The summed E-state index contributed by atoms with van der Waals surface area (Å²) in [6, 6.07) is 5.89. The topological polar surface area (TPSA) is 133 Å². The zero-order valence-corrected chi connectivity index (χ0v) is 19.0. The number of carbonyl (C=O) groups is 2. The lowest BCUT2D eigenvalue weighted by Crippen LogP contribution is -2.30. The van der Waals surface area contributed by atoms with Crippen molar-refractivity contribution in [1.82, 2.24) is 15.0 Å². The average Bonchev–Trinajstić information content (AvgIpc) is 3.30. The largest absolute Gasteiger partial charge is 0.336 e. The first-order valence-corrected chi connectivity index (χ1v) is 12.7. The van der Waals surface area contributed by atoms with Crippen molar-refractivity contribution in [2.45, 2.75) is 37.0 Å². The van der Waals surface area contributed by atoms with E-state index in [1.165, 1.54) is 28.4 Å². The molecule has 0 spiro atoms. The lowest BCUT2D eigenvalue weighted by Gasteiger charge is -2.11. The average molecular weight is 477 g/mol. The summed E-state index contributed by atoms with van der Waals surface area (Å²) < 4.78 is 28.1. The number of thiazole rings is 1. The molecule has 0 aliphatic carbocycles. The fourth-order valence-electron chi connectivity index (χ4n) is 3.44. The molecule has 2 aliphatic rings. The van der Waals surface area contributed by atoms with Gasteiger partial charge in [0, 0.05) is 37.1 Å². The summed E-state index contributed by atoms with van der Waals surface area (Å²) >= 11 is 1.30. The van der Waals surface area contributed by atoms with Gasteiger partial charge >= 0.3 is 6.03 Å². The van der Waals surface area contributed by atoms with E-state index in [9.17, 15) is 18.0 Å². The highest BCUT2D eigenvalue weighted by Gasteiger charge is 2.24. The number of anilines is 2. The Kier molecular flexibility index (Phi) is 6.70. The van der Waals surface area contributed by atoms with E-state index in [1.807, 2.05) is 0 Å². The third kappa shape index (κ3) is 5.43. The molecule has 3 heterocycles. The molecule has 1 aromatic heterocycles. The van der Waals surface area contributed by atoms with Crippen LogP contribution < -0.4 is 20.3 Å². The van der Waals surface area contributed by atoms with Gasteiger partial charge in [-0.05, 0) is 31.0 Å². The first-order valence-electron chi connectivity index (χ1n) is 10.4. The van der Waals surface area contributed by atoms with E-state index in [1.54, 1.807) is 17.5 Å². The third-order valence-electron chi connectivity index (χ3n) is 5.02. The monoisotopic (exact) mass is 476 g/mol. The van der Waals surface area contributed by atoms with E-state index < -0.39 is 10.0 Å². The number of benzene rings is 1. The molecule has 4 rings (SSSR count). The van der Waals surface area contributed by atoms with Gasteiger partial charge in [-0.3, -0.25) is 19.4 Å². The van der Waals surface area contributed by atoms with Crippen molar-refractivity contribution in [1.29, 1.82) is 0 Å². The lowest BCUT2D eigenvalue weighted by atomic mass is 10.2. The molecule has 3 amide bonds. The molecule has 2 aliphatic heterocycles. The summed E-state index contributed by atoms with van der Waals surface area (Å²) in [4.78, 5) is 34.5. The Balaban J connectivity index is 1.39. The molecule has 1 saturated heterocycles. The molecule has 0 unspecified atom stereocenters. The van der Waals surface area contributed by atoms with Gasteiger partial charge in [-0.25, -0.2) is 18.2 Å². The Bertz CT molecular complexity index is 1140. The maximum Gasteiger partial charge on any atom is 0.323 e. The molecule has 32 heavy (non-hydrogen) atoms. The predicted octanol–water partition coefficient (Wildman–Crippen LogP) is 2.10. The molecule has 0 atom stereocenters. The molecule has 170 valence electrons. The van der Waals surface area contributed by atoms with Crippen LogP contribution in [0.25, 0.3) is 0 Å². The van der Waals surface area contributed by atoms with Gasteiger partial charge in [-0.1, -0.05) is 12.5 Å². The Morgan fingerprint density at radius 3 is 2.94 bits per heavy atom. The van der Waals surface area contributed by atoms with Crippen molar-refractivity contribution in [3.8, 4) is 0 Å². The molecule has 0 saturated carbocycles. The second kappa shape index (κ2) is 9.65. The van der Waals surface area contributed by atoms with Crippen LogP contribution in [0.4, 0.5) is 15.6 Å². The number of aromatic nitrogens is 1. The summed E-state index contributed by atoms with van der Waals surface area (Å²) in [6.45, 7) is 1.73. The van der Waals surface area contributed by atoms with Crippen LogP contribution in [0.1, 0.15) is 31.4 Å². The number of aliphatic imine (C=N–C) groups is 1. The molecule has 0 bridgehead atoms. The summed E-state index contributed by atoms with van der Waals surface area (Å²) in [5.41, 5.74) is 0.911. The van der Waals surface area contributed by atoms with Gasteiger partial charge in [-0.2, -0.15) is 0 Å². The first kappa shape index (κ1) is 22.2. The van der Waals surface area contributed by atoms with Gasteiger partial charge in [0.05, 0.1) is 17.0 Å². The van der Waals surface area contributed by atoms with Crippen LogP contribution in [0.3, 0.4) is 0 Å². The highest BCUT2D eigenvalue weighted by atomic mass is 32.2. The SMILES string of the molecule is O=C(Cc1csc(N2CCNC2=O)n1)Nc1cccc(S(=O)(=O)NC2=NCCCCC2)c1. The van der Waals surface area contributed by atoms with Crippen molar-refractivity contribution >= 4 is 50.0 Å². The zero-order chi connectivity index (χ0) is 22.6. The van der Waals surface area contributed by atoms with Gasteiger partial charge in [0.1, 0.15) is 5.84 Å². The summed E-state index contributed by atoms with van der Waals surface area (Å²) in [5, 5.41) is 7.70. The second-order valence-electron chi connectivity index (χ2n) is 7.50. The van der Waals surface area contributed by atoms with Gasteiger partial charge in [0.25, 0.3) is 10.0 Å². The van der Waals surface area contributed by atoms with Gasteiger partial charge < -0.3 is 10.6 Å². The van der Waals surface area contributed by atoms with Crippen LogP contribution in [0.15, 0.2) is 39.5 Å². The Labute approximate surface area is 190 Å². The fourth-order valence-corrected chi connectivity index (χ4v) is 5.42. The molecule has 1 fully saturated rings. The van der Waals surface area contributed by atoms with Crippen LogP contribution in [-0.4, -0.2) is 50.8 Å². The molecular formula is C20H24N6O4S2. The highest BCUT2D eigenvalue weighted by Crippen LogP contribution is 2.23. The van der Waals surface area contributed by atoms with Crippen molar-refractivity contribution in [2.24, 2.45) is 4.99 Å². The quantitative estimate of drug-likeness (QED) is 0.587. The van der Waals surface area contributed by atoms with Crippen molar-refractivity contribution < 1.29 is 18.0 Å². The third-order valence-corrected chi connectivity index (χ3v) is 7.31. The lowest BCUT2D eigenvalue weighted by molar-refractivity contribution is -0.115. The van der Waals surface area contributed by atoms with Crippen LogP contribution in [0.5, 0.6) is 0 Å². The van der Waals surface area contributed by atoms with E-state index in [0.29, 0.717) is 48.4 Å². The number of amidine groups is 1. The Morgan fingerprint density at radius 1 is 1.25 bits per heavy atom. The number of rotatable bonds is 6. The van der Waals surface area contributed by atoms with Crippen molar-refractivity contribution in [3.63, 3.8) is 0 Å². The number of carbonyl (C=O) groups excluding carboxylic acids is 2. The first-order chi connectivity index (χ1) is 15.4. The molecule has 2 aromatic rings. The number of nitrogens with zero attached hydrogens (tertiary/aromatic N) is 3. The van der Waals surface area contributed by atoms with Crippen LogP contribution in [-0.2, 0) is 21.2 Å². The minimum atomic E-state index is -3.79. The summed E-state index contributed by atoms with van der Waals surface area (Å²) in [6.07, 6.45) is 3.50. The second-order valence-corrected chi connectivity index (χ2v) is 10.0. The van der Waals surface area contributed by atoms with Crippen LogP contribution >= 0.6 is 11.3 Å².